The van der Waals surface area contributed by atoms with E-state index in [1.807, 2.05) is 32.0 Å². The van der Waals surface area contributed by atoms with E-state index in [-0.39, 0.29) is 24.5 Å². The monoisotopic (exact) mass is 263 g/mol. The van der Waals surface area contributed by atoms with Crippen molar-refractivity contribution < 1.29 is 14.6 Å². The van der Waals surface area contributed by atoms with E-state index in [1.54, 1.807) is 0 Å². The maximum Gasteiger partial charge on any atom is 0.257 e. The summed E-state index contributed by atoms with van der Waals surface area (Å²) < 4.78 is 5.50. The normalized spacial score (nSPS) is 15.9. The molecule has 0 aliphatic heterocycles. The predicted octanol–water partition coefficient (Wildman–Crippen LogP) is 1.57. The molecule has 0 spiro atoms. The molecule has 1 aromatic carbocycles. The Balaban J connectivity index is 1.77. The second-order valence-electron chi connectivity index (χ2n) is 5.49. The Morgan fingerprint density at radius 3 is 2.74 bits per heavy atom. The molecule has 4 nitrogen and oxygen atoms in total. The first-order valence-electron chi connectivity index (χ1n) is 6.62. The SMILES string of the molecule is Cc1ccc(OCC(=O)NCC2(CO)CC2)c(C)c1. The van der Waals surface area contributed by atoms with Crippen LogP contribution in [0.25, 0.3) is 0 Å². The quantitative estimate of drug-likeness (QED) is 0.819. The highest BCUT2D eigenvalue weighted by Crippen LogP contribution is 2.44. The maximum absolute atomic E-state index is 11.7. The lowest BCUT2D eigenvalue weighted by atomic mass is 10.1. The molecule has 0 radical (unpaired) electrons. The van der Waals surface area contributed by atoms with Crippen molar-refractivity contribution in [2.24, 2.45) is 5.41 Å². The number of aryl methyl sites for hydroxylation is 2. The number of carbonyl (C=O) groups is 1. The zero-order chi connectivity index (χ0) is 13.9. The Morgan fingerprint density at radius 2 is 2.16 bits per heavy atom. The van der Waals surface area contributed by atoms with E-state index < -0.39 is 0 Å². The molecule has 104 valence electrons. The Bertz CT molecular complexity index is 466. The van der Waals surface area contributed by atoms with Crippen molar-refractivity contribution >= 4 is 5.91 Å². The van der Waals surface area contributed by atoms with Gasteiger partial charge in [-0.2, -0.15) is 0 Å². The number of rotatable bonds is 6. The van der Waals surface area contributed by atoms with E-state index in [0.717, 1.165) is 24.2 Å². The molecular formula is C15H21NO3. The van der Waals surface area contributed by atoms with Gasteiger partial charge in [0, 0.05) is 12.0 Å². The van der Waals surface area contributed by atoms with Gasteiger partial charge in [-0.1, -0.05) is 17.7 Å². The number of carbonyl (C=O) groups excluding carboxylic acids is 1. The predicted molar refractivity (Wildman–Crippen MR) is 73.2 cm³/mol. The molecule has 0 unspecified atom stereocenters. The first-order valence-corrected chi connectivity index (χ1v) is 6.62. The zero-order valence-corrected chi connectivity index (χ0v) is 11.5. The van der Waals surface area contributed by atoms with Crippen LogP contribution >= 0.6 is 0 Å². The van der Waals surface area contributed by atoms with Crippen LogP contribution in [0, 0.1) is 19.3 Å². The molecule has 1 fully saturated rings. The van der Waals surface area contributed by atoms with Crippen molar-refractivity contribution in [2.75, 3.05) is 19.8 Å². The van der Waals surface area contributed by atoms with Gasteiger partial charge >= 0.3 is 0 Å². The van der Waals surface area contributed by atoms with Gasteiger partial charge in [0.2, 0.25) is 0 Å². The van der Waals surface area contributed by atoms with Crippen molar-refractivity contribution in [3.8, 4) is 5.75 Å². The Labute approximate surface area is 113 Å². The molecule has 1 saturated carbocycles. The van der Waals surface area contributed by atoms with E-state index >= 15 is 0 Å². The lowest BCUT2D eigenvalue weighted by Gasteiger charge is -2.13. The molecule has 1 aliphatic carbocycles. The Morgan fingerprint density at radius 1 is 1.42 bits per heavy atom. The number of nitrogens with one attached hydrogen (secondary N) is 1. The summed E-state index contributed by atoms with van der Waals surface area (Å²) in [6.45, 7) is 4.69. The third-order valence-corrected chi connectivity index (χ3v) is 3.64. The van der Waals surface area contributed by atoms with Crippen LogP contribution in [-0.2, 0) is 4.79 Å². The summed E-state index contributed by atoms with van der Waals surface area (Å²) in [5.41, 5.74) is 2.14. The van der Waals surface area contributed by atoms with Gasteiger partial charge in [-0.15, -0.1) is 0 Å². The smallest absolute Gasteiger partial charge is 0.257 e. The van der Waals surface area contributed by atoms with Gasteiger partial charge in [0.15, 0.2) is 6.61 Å². The van der Waals surface area contributed by atoms with Crippen LogP contribution in [-0.4, -0.2) is 30.8 Å². The fraction of sp³-hybridized carbons (Fsp3) is 0.533. The molecule has 0 saturated heterocycles. The van der Waals surface area contributed by atoms with Crippen molar-refractivity contribution in [1.82, 2.24) is 5.32 Å². The van der Waals surface area contributed by atoms with Crippen LogP contribution in [0.5, 0.6) is 5.75 Å². The molecule has 1 aromatic rings. The second-order valence-corrected chi connectivity index (χ2v) is 5.49. The van der Waals surface area contributed by atoms with E-state index in [1.165, 1.54) is 5.56 Å². The van der Waals surface area contributed by atoms with Gasteiger partial charge < -0.3 is 15.2 Å². The van der Waals surface area contributed by atoms with Crippen LogP contribution < -0.4 is 10.1 Å². The fourth-order valence-corrected chi connectivity index (χ4v) is 2.01. The highest BCUT2D eigenvalue weighted by atomic mass is 16.5. The van der Waals surface area contributed by atoms with Crippen molar-refractivity contribution in [3.63, 3.8) is 0 Å². The largest absolute Gasteiger partial charge is 0.484 e. The number of hydrogen-bond donors (Lipinski definition) is 2. The number of aliphatic hydroxyl groups is 1. The topological polar surface area (TPSA) is 58.6 Å². The van der Waals surface area contributed by atoms with Crippen LogP contribution in [0.15, 0.2) is 18.2 Å². The van der Waals surface area contributed by atoms with Gasteiger partial charge in [-0.05, 0) is 38.3 Å². The standard InChI is InChI=1S/C15H21NO3/c1-11-3-4-13(12(2)7-11)19-8-14(18)16-9-15(10-17)5-6-15/h3-4,7,17H,5-6,8-10H2,1-2H3,(H,16,18). The molecule has 4 heteroatoms. The Kier molecular flexibility index (Phi) is 4.10. The zero-order valence-electron chi connectivity index (χ0n) is 11.5. The third kappa shape index (κ3) is 3.70. The van der Waals surface area contributed by atoms with Gasteiger partial charge in [0.1, 0.15) is 5.75 Å². The molecule has 0 bridgehead atoms. The first-order chi connectivity index (χ1) is 9.04. The average Bonchev–Trinajstić information content (AvgIpc) is 3.16. The molecule has 0 aromatic heterocycles. The van der Waals surface area contributed by atoms with Gasteiger partial charge in [0.05, 0.1) is 6.61 Å². The lowest BCUT2D eigenvalue weighted by molar-refractivity contribution is -0.123. The van der Waals surface area contributed by atoms with Gasteiger partial charge in [-0.3, -0.25) is 4.79 Å². The van der Waals surface area contributed by atoms with Gasteiger partial charge in [-0.25, -0.2) is 0 Å². The van der Waals surface area contributed by atoms with E-state index in [4.69, 9.17) is 9.84 Å². The van der Waals surface area contributed by atoms with Crippen molar-refractivity contribution in [1.29, 1.82) is 0 Å². The van der Waals surface area contributed by atoms with E-state index in [2.05, 4.69) is 5.32 Å². The molecule has 1 amide bonds. The molecule has 1 aliphatic rings. The van der Waals surface area contributed by atoms with E-state index in [0.29, 0.717) is 6.54 Å². The summed E-state index contributed by atoms with van der Waals surface area (Å²) >= 11 is 0. The van der Waals surface area contributed by atoms with Crippen LogP contribution in [0.1, 0.15) is 24.0 Å². The summed E-state index contributed by atoms with van der Waals surface area (Å²) in [6, 6.07) is 5.87. The maximum atomic E-state index is 11.7. The van der Waals surface area contributed by atoms with Crippen molar-refractivity contribution in [3.05, 3.63) is 29.3 Å². The number of hydrogen-bond acceptors (Lipinski definition) is 3. The highest BCUT2D eigenvalue weighted by Gasteiger charge is 2.42. The van der Waals surface area contributed by atoms with Crippen molar-refractivity contribution in [2.45, 2.75) is 26.7 Å². The molecule has 0 heterocycles. The number of amides is 1. The summed E-state index contributed by atoms with van der Waals surface area (Å²) in [4.78, 5) is 11.7. The minimum Gasteiger partial charge on any atom is -0.484 e. The molecular weight excluding hydrogens is 242 g/mol. The summed E-state index contributed by atoms with van der Waals surface area (Å²) in [5, 5.41) is 12.0. The Hall–Kier alpha value is -1.55. The van der Waals surface area contributed by atoms with Crippen LogP contribution in [0.4, 0.5) is 0 Å². The third-order valence-electron chi connectivity index (χ3n) is 3.64. The molecule has 2 N–H and O–H groups in total. The average molecular weight is 263 g/mol. The molecule has 2 rings (SSSR count). The van der Waals surface area contributed by atoms with E-state index in [9.17, 15) is 4.79 Å². The summed E-state index contributed by atoms with van der Waals surface area (Å²) in [5.74, 6) is 0.601. The molecule has 19 heavy (non-hydrogen) atoms. The highest BCUT2D eigenvalue weighted by molar-refractivity contribution is 5.77. The minimum atomic E-state index is -0.139. The first kappa shape index (κ1) is 13.9. The number of ether oxygens (including phenoxy) is 1. The van der Waals surface area contributed by atoms with Crippen LogP contribution in [0.3, 0.4) is 0 Å². The number of benzene rings is 1. The lowest BCUT2D eigenvalue weighted by Crippen LogP contribution is -2.35. The summed E-state index contributed by atoms with van der Waals surface area (Å²) in [7, 11) is 0. The number of aliphatic hydroxyl groups excluding tert-OH is 1. The second kappa shape index (κ2) is 5.61. The van der Waals surface area contributed by atoms with Crippen LogP contribution in [0.2, 0.25) is 0 Å². The summed E-state index contributed by atoms with van der Waals surface area (Å²) in [6.07, 6.45) is 1.98. The fourth-order valence-electron chi connectivity index (χ4n) is 2.01. The molecule has 0 atom stereocenters. The minimum absolute atomic E-state index is 0.0193. The van der Waals surface area contributed by atoms with Gasteiger partial charge in [0.25, 0.3) is 5.91 Å².